The maximum Gasteiger partial charge on any atom is 0.408 e. The highest BCUT2D eigenvalue weighted by Gasteiger charge is 2.36. The summed E-state index contributed by atoms with van der Waals surface area (Å²) in [5.41, 5.74) is 2.73. The predicted molar refractivity (Wildman–Crippen MR) is 158 cm³/mol. The number of hydrogen-bond donors (Lipinski definition) is 3. The molecule has 0 spiro atoms. The molecule has 3 N–H and O–H groups in total. The number of unbranched alkanes of at least 4 members (excludes halogenated alkanes) is 2. The van der Waals surface area contributed by atoms with Gasteiger partial charge in [0.2, 0.25) is 11.8 Å². The Labute approximate surface area is 239 Å². The molecule has 3 amide bonds. The molecule has 0 radical (unpaired) electrons. The Balaban J connectivity index is 2.53. The Morgan fingerprint density at radius 2 is 1.65 bits per heavy atom. The third-order valence-electron chi connectivity index (χ3n) is 6.69. The van der Waals surface area contributed by atoms with Crippen LogP contribution in [0.2, 0.25) is 0 Å². The van der Waals surface area contributed by atoms with Crippen LogP contribution in [-0.2, 0) is 20.7 Å². The van der Waals surface area contributed by atoms with Crippen molar-refractivity contribution in [3.63, 3.8) is 0 Å². The molecule has 0 aliphatic rings. The normalized spacial score (nSPS) is 12.8. The number of amides is 3. The average molecular weight is 554 g/mol. The molecule has 2 rings (SSSR count). The number of rotatable bonds is 13. The van der Waals surface area contributed by atoms with Gasteiger partial charge in [-0.25, -0.2) is 4.79 Å². The van der Waals surface area contributed by atoms with Crippen LogP contribution >= 0.6 is 0 Å². The van der Waals surface area contributed by atoms with Crippen molar-refractivity contribution in [2.75, 3.05) is 13.1 Å². The number of nitrogens with zero attached hydrogens (tertiary/aromatic N) is 1. The molecule has 0 saturated carbocycles. The summed E-state index contributed by atoms with van der Waals surface area (Å²) in [6, 6.07) is 10.4. The van der Waals surface area contributed by atoms with Gasteiger partial charge < -0.3 is 25.4 Å². The fraction of sp³-hybridized carbons (Fsp3) is 0.531. The van der Waals surface area contributed by atoms with E-state index < -0.39 is 23.8 Å². The number of benzene rings is 2. The van der Waals surface area contributed by atoms with Crippen molar-refractivity contribution in [3.05, 3.63) is 64.7 Å². The van der Waals surface area contributed by atoms with Crippen LogP contribution in [0.5, 0.6) is 5.75 Å². The first-order valence-electron chi connectivity index (χ1n) is 14.3. The Bertz CT molecular complexity index is 1120. The van der Waals surface area contributed by atoms with Crippen LogP contribution in [0.3, 0.4) is 0 Å². The molecule has 0 aromatic heterocycles. The van der Waals surface area contributed by atoms with Gasteiger partial charge in [-0.3, -0.25) is 9.59 Å². The molecule has 2 aromatic rings. The van der Waals surface area contributed by atoms with E-state index in [-0.39, 0.29) is 24.0 Å². The van der Waals surface area contributed by atoms with Crippen molar-refractivity contribution in [2.24, 2.45) is 0 Å². The molecule has 0 heterocycles. The SMILES string of the molecule is CCCCCNC(=O)C(c1cccc(C)c1C)N(CCC)C(=O)C(Cc1ccc(O)cc1)NC(=O)OC(C)(C)C. The van der Waals surface area contributed by atoms with Crippen molar-refractivity contribution < 1.29 is 24.2 Å². The molecular weight excluding hydrogens is 506 g/mol. The second-order valence-corrected chi connectivity index (χ2v) is 11.3. The lowest BCUT2D eigenvalue weighted by Crippen LogP contribution is -2.54. The lowest BCUT2D eigenvalue weighted by Gasteiger charge is -2.35. The first kappa shape index (κ1) is 32.7. The van der Waals surface area contributed by atoms with Crippen molar-refractivity contribution in [2.45, 2.75) is 98.3 Å². The number of alkyl carbamates (subject to hydrolysis) is 1. The van der Waals surface area contributed by atoms with Gasteiger partial charge in [-0.2, -0.15) is 0 Å². The van der Waals surface area contributed by atoms with Gasteiger partial charge >= 0.3 is 6.09 Å². The highest BCUT2D eigenvalue weighted by Crippen LogP contribution is 2.28. The zero-order valence-electron chi connectivity index (χ0n) is 25.2. The van der Waals surface area contributed by atoms with Gasteiger partial charge in [0.25, 0.3) is 0 Å². The number of phenols is 1. The predicted octanol–water partition coefficient (Wildman–Crippen LogP) is 5.73. The second-order valence-electron chi connectivity index (χ2n) is 11.3. The van der Waals surface area contributed by atoms with E-state index in [1.54, 1.807) is 37.8 Å². The zero-order valence-corrected chi connectivity index (χ0v) is 25.2. The molecule has 8 nitrogen and oxygen atoms in total. The molecule has 8 heteroatoms. The fourth-order valence-electron chi connectivity index (χ4n) is 4.53. The Morgan fingerprint density at radius 1 is 0.975 bits per heavy atom. The minimum atomic E-state index is -0.994. The maximum absolute atomic E-state index is 14.3. The van der Waals surface area contributed by atoms with Crippen molar-refractivity contribution in [3.8, 4) is 5.75 Å². The van der Waals surface area contributed by atoms with Crippen molar-refractivity contribution in [1.82, 2.24) is 15.5 Å². The number of aromatic hydroxyl groups is 1. The molecule has 0 saturated heterocycles. The van der Waals surface area contributed by atoms with E-state index >= 15 is 0 Å². The van der Waals surface area contributed by atoms with Gasteiger partial charge in [0.05, 0.1) is 0 Å². The van der Waals surface area contributed by atoms with E-state index in [0.717, 1.165) is 41.5 Å². The molecule has 0 aliphatic carbocycles. The van der Waals surface area contributed by atoms with Crippen molar-refractivity contribution in [1.29, 1.82) is 0 Å². The molecule has 2 aromatic carbocycles. The van der Waals surface area contributed by atoms with E-state index in [0.29, 0.717) is 19.5 Å². The van der Waals surface area contributed by atoms with Gasteiger partial charge in [0, 0.05) is 19.5 Å². The Morgan fingerprint density at radius 3 is 2.25 bits per heavy atom. The van der Waals surface area contributed by atoms with E-state index in [2.05, 4.69) is 17.6 Å². The van der Waals surface area contributed by atoms with Gasteiger partial charge in [-0.15, -0.1) is 0 Å². The molecule has 0 aliphatic heterocycles. The maximum atomic E-state index is 14.3. The summed E-state index contributed by atoms with van der Waals surface area (Å²) in [4.78, 5) is 42.5. The highest BCUT2D eigenvalue weighted by atomic mass is 16.6. The summed E-state index contributed by atoms with van der Waals surface area (Å²) < 4.78 is 5.48. The van der Waals surface area contributed by atoms with Crippen molar-refractivity contribution >= 4 is 17.9 Å². The standard InChI is InChI=1S/C32H47N3O5/c1-8-10-11-19-33-29(37)28(26-14-12-13-22(3)23(26)4)35(20-9-2)30(38)27(34-31(39)40-32(5,6)7)21-24-15-17-25(36)18-16-24/h12-18,27-28,36H,8-11,19-21H2,1-7H3,(H,33,37)(H,34,39). The molecular formula is C32H47N3O5. The van der Waals surface area contributed by atoms with Gasteiger partial charge in [0.1, 0.15) is 23.4 Å². The molecule has 40 heavy (non-hydrogen) atoms. The quantitative estimate of drug-likeness (QED) is 0.275. The van der Waals surface area contributed by atoms with E-state index in [4.69, 9.17) is 4.74 Å². The number of phenolic OH excluding ortho intramolecular Hbond substituents is 1. The van der Waals surface area contributed by atoms with Gasteiger partial charge in [0.15, 0.2) is 0 Å². The zero-order chi connectivity index (χ0) is 29.9. The van der Waals surface area contributed by atoms with Crippen LogP contribution in [0, 0.1) is 13.8 Å². The average Bonchev–Trinajstić information content (AvgIpc) is 2.88. The first-order chi connectivity index (χ1) is 18.9. The summed E-state index contributed by atoms with van der Waals surface area (Å²) in [5.74, 6) is -0.517. The lowest BCUT2D eigenvalue weighted by molar-refractivity contribution is -0.142. The number of hydrogen-bond acceptors (Lipinski definition) is 5. The molecule has 2 unspecified atom stereocenters. The number of carbonyl (C=O) groups is 3. The van der Waals surface area contributed by atoms with Gasteiger partial charge in [-0.1, -0.05) is 57.0 Å². The Hall–Kier alpha value is -3.55. The van der Waals surface area contributed by atoms with Gasteiger partial charge in [-0.05, 0) is 81.8 Å². The lowest BCUT2D eigenvalue weighted by atomic mass is 9.94. The third kappa shape index (κ3) is 9.88. The van der Waals surface area contributed by atoms with E-state index in [9.17, 15) is 19.5 Å². The van der Waals surface area contributed by atoms with Crippen LogP contribution in [0.25, 0.3) is 0 Å². The largest absolute Gasteiger partial charge is 0.508 e. The number of carbonyl (C=O) groups excluding carboxylic acids is 3. The van der Waals surface area contributed by atoms with E-state index in [1.165, 1.54) is 12.1 Å². The number of ether oxygens (including phenoxy) is 1. The Kier molecular flexibility index (Phi) is 12.5. The number of aryl methyl sites for hydroxylation is 1. The molecule has 220 valence electrons. The van der Waals surface area contributed by atoms with Crippen LogP contribution in [0.4, 0.5) is 4.79 Å². The minimum absolute atomic E-state index is 0.106. The second kappa shape index (κ2) is 15.3. The monoisotopic (exact) mass is 553 g/mol. The molecule has 2 atom stereocenters. The smallest absolute Gasteiger partial charge is 0.408 e. The summed E-state index contributed by atoms with van der Waals surface area (Å²) in [6.07, 6.45) is 2.96. The fourth-order valence-corrected chi connectivity index (χ4v) is 4.53. The van der Waals surface area contributed by atoms with Crippen LogP contribution in [-0.4, -0.2) is 52.6 Å². The summed E-state index contributed by atoms with van der Waals surface area (Å²) in [7, 11) is 0. The van der Waals surface area contributed by atoms with Crippen LogP contribution in [0.1, 0.15) is 88.6 Å². The number of nitrogens with one attached hydrogen (secondary N) is 2. The third-order valence-corrected chi connectivity index (χ3v) is 6.69. The molecule has 0 fully saturated rings. The minimum Gasteiger partial charge on any atom is -0.508 e. The first-order valence-corrected chi connectivity index (χ1v) is 14.3. The van der Waals surface area contributed by atoms with Crippen LogP contribution in [0.15, 0.2) is 42.5 Å². The summed E-state index contributed by atoms with van der Waals surface area (Å²) >= 11 is 0. The molecule has 0 bridgehead atoms. The van der Waals surface area contributed by atoms with E-state index in [1.807, 2.05) is 39.0 Å². The summed E-state index contributed by atoms with van der Waals surface area (Å²) in [5, 5.41) is 15.5. The highest BCUT2D eigenvalue weighted by molar-refractivity contribution is 5.92. The topological polar surface area (TPSA) is 108 Å². The summed E-state index contributed by atoms with van der Waals surface area (Å²) in [6.45, 7) is 14.1. The van der Waals surface area contributed by atoms with Crippen LogP contribution < -0.4 is 10.6 Å².